The van der Waals surface area contributed by atoms with Gasteiger partial charge in [-0.2, -0.15) is 10.5 Å². The number of nitrogens with zero attached hydrogens (tertiary/aromatic N) is 2. The van der Waals surface area contributed by atoms with Crippen LogP contribution in [0.2, 0.25) is 0 Å². The Morgan fingerprint density at radius 2 is 1.61 bits per heavy atom. The van der Waals surface area contributed by atoms with E-state index in [1.807, 2.05) is 42.5 Å². The number of fused-ring (bicyclic) bond motifs is 2. The standard InChI is InChI=1S/C30H17BrN4O3/c31-18-7-5-6-17(12-18)30(37)27(21(13-32)28(36)23-15-34-25-10-3-1-8-19(23)25)22(14-33)29(38-30)24-16-35-26-11-4-2-9-20(24)26/h1-12,15-16,34-35,37H/b27-21+. The van der Waals surface area contributed by atoms with Crippen LogP contribution in [0.1, 0.15) is 21.5 Å². The number of hydrogen-bond donors (Lipinski definition) is 3. The quantitative estimate of drug-likeness (QED) is 0.136. The van der Waals surface area contributed by atoms with Crippen molar-refractivity contribution in [2.24, 2.45) is 0 Å². The van der Waals surface area contributed by atoms with Crippen LogP contribution in [0.5, 0.6) is 0 Å². The Morgan fingerprint density at radius 1 is 0.921 bits per heavy atom. The number of aromatic nitrogens is 2. The van der Waals surface area contributed by atoms with Gasteiger partial charge >= 0.3 is 0 Å². The number of allylic oxidation sites excluding steroid dienone is 1. The van der Waals surface area contributed by atoms with Gasteiger partial charge in [-0.15, -0.1) is 0 Å². The summed E-state index contributed by atoms with van der Waals surface area (Å²) in [5, 5.41) is 34.2. The number of H-pyrrole nitrogens is 2. The van der Waals surface area contributed by atoms with E-state index in [1.165, 1.54) is 6.20 Å². The third kappa shape index (κ3) is 3.47. The Kier molecular flexibility index (Phi) is 5.50. The number of hydrogen-bond acceptors (Lipinski definition) is 5. The van der Waals surface area contributed by atoms with Crippen LogP contribution >= 0.6 is 15.9 Å². The van der Waals surface area contributed by atoms with E-state index in [0.29, 0.717) is 15.4 Å². The van der Waals surface area contributed by atoms with Gasteiger partial charge in [-0.05, 0) is 24.3 Å². The molecule has 0 spiro atoms. The van der Waals surface area contributed by atoms with E-state index in [0.717, 1.165) is 16.4 Å². The van der Waals surface area contributed by atoms with Crippen LogP contribution in [0.4, 0.5) is 0 Å². The molecule has 3 N–H and O–H groups in total. The smallest absolute Gasteiger partial charge is 0.264 e. The minimum atomic E-state index is -2.28. The van der Waals surface area contributed by atoms with Crippen LogP contribution in [0.3, 0.4) is 0 Å². The van der Waals surface area contributed by atoms with E-state index in [-0.39, 0.29) is 33.6 Å². The highest BCUT2D eigenvalue weighted by molar-refractivity contribution is 9.10. The van der Waals surface area contributed by atoms with Gasteiger partial charge in [0.15, 0.2) is 5.76 Å². The summed E-state index contributed by atoms with van der Waals surface area (Å²) in [5.41, 5.74) is 1.87. The molecule has 7 nitrogen and oxygen atoms in total. The lowest BCUT2D eigenvalue weighted by Gasteiger charge is -2.26. The van der Waals surface area contributed by atoms with E-state index >= 15 is 0 Å². The highest BCUT2D eigenvalue weighted by atomic mass is 79.9. The molecule has 0 aliphatic carbocycles. The zero-order valence-corrected chi connectivity index (χ0v) is 21.2. The van der Waals surface area contributed by atoms with Crippen LogP contribution in [0, 0.1) is 22.7 Å². The van der Waals surface area contributed by atoms with Crippen molar-refractivity contribution in [1.29, 1.82) is 10.5 Å². The fraction of sp³-hybridized carbons (Fsp3) is 0.0333. The predicted molar refractivity (Wildman–Crippen MR) is 145 cm³/mol. The van der Waals surface area contributed by atoms with Crippen molar-refractivity contribution in [1.82, 2.24) is 9.97 Å². The van der Waals surface area contributed by atoms with E-state index in [1.54, 1.807) is 42.6 Å². The molecule has 8 heteroatoms. The number of rotatable bonds is 4. The van der Waals surface area contributed by atoms with Crippen molar-refractivity contribution in [3.05, 3.63) is 123 Å². The summed E-state index contributed by atoms with van der Waals surface area (Å²) in [6.45, 7) is 0. The number of nitriles is 2. The molecule has 182 valence electrons. The fourth-order valence-corrected chi connectivity index (χ4v) is 5.30. The maximum atomic E-state index is 13.9. The molecule has 3 aromatic carbocycles. The second-order valence-electron chi connectivity index (χ2n) is 8.76. The van der Waals surface area contributed by atoms with Crippen molar-refractivity contribution >= 4 is 49.3 Å². The first-order chi connectivity index (χ1) is 18.5. The predicted octanol–water partition coefficient (Wildman–Crippen LogP) is 6.22. The number of carbonyl (C=O) groups excluding carboxylic acids is 1. The van der Waals surface area contributed by atoms with Crippen LogP contribution in [-0.4, -0.2) is 20.9 Å². The lowest BCUT2D eigenvalue weighted by molar-refractivity contribution is -0.120. The third-order valence-electron chi connectivity index (χ3n) is 6.65. The Labute approximate surface area is 225 Å². The van der Waals surface area contributed by atoms with Crippen molar-refractivity contribution in [3.8, 4) is 12.1 Å². The number of aliphatic hydroxyl groups is 1. The number of nitrogens with one attached hydrogen (secondary N) is 2. The summed E-state index contributed by atoms with van der Waals surface area (Å²) in [7, 11) is 0. The number of aromatic amines is 2. The number of benzene rings is 3. The molecule has 0 saturated heterocycles. The molecule has 3 heterocycles. The molecule has 0 saturated carbocycles. The SMILES string of the molecule is N#CC1=C(c2c[nH]c3ccccc23)OC(O)(c2cccc(Br)c2)/C1=C(\C#N)C(=O)c1c[nH]c2ccccc12. The minimum Gasteiger partial charge on any atom is -0.452 e. The van der Waals surface area contributed by atoms with Crippen LogP contribution in [0.25, 0.3) is 27.6 Å². The third-order valence-corrected chi connectivity index (χ3v) is 7.14. The topological polar surface area (TPSA) is 126 Å². The summed E-state index contributed by atoms with van der Waals surface area (Å²) >= 11 is 3.41. The second kappa shape index (κ2) is 8.89. The van der Waals surface area contributed by atoms with E-state index in [9.17, 15) is 20.4 Å². The highest BCUT2D eigenvalue weighted by Gasteiger charge is 2.50. The Morgan fingerprint density at radius 3 is 2.32 bits per heavy atom. The number of carbonyl (C=O) groups is 1. The maximum Gasteiger partial charge on any atom is 0.264 e. The Bertz CT molecular complexity index is 1930. The van der Waals surface area contributed by atoms with Crippen molar-refractivity contribution in [2.75, 3.05) is 0 Å². The average molecular weight is 561 g/mol. The Hall–Kier alpha value is -4.89. The van der Waals surface area contributed by atoms with Gasteiger partial charge in [0.1, 0.15) is 23.3 Å². The van der Waals surface area contributed by atoms with Gasteiger partial charge in [-0.1, -0.05) is 64.5 Å². The molecule has 6 rings (SSSR count). The first-order valence-electron chi connectivity index (χ1n) is 11.6. The van der Waals surface area contributed by atoms with Gasteiger partial charge in [0.2, 0.25) is 5.78 Å². The van der Waals surface area contributed by atoms with E-state index in [4.69, 9.17) is 4.74 Å². The molecule has 1 unspecified atom stereocenters. The molecule has 38 heavy (non-hydrogen) atoms. The van der Waals surface area contributed by atoms with Crippen molar-refractivity contribution < 1.29 is 14.6 Å². The largest absolute Gasteiger partial charge is 0.452 e. The molecular weight excluding hydrogens is 544 g/mol. The molecule has 0 fully saturated rings. The van der Waals surface area contributed by atoms with Gasteiger partial charge in [0.05, 0.1) is 5.57 Å². The van der Waals surface area contributed by atoms with E-state index in [2.05, 4.69) is 32.0 Å². The van der Waals surface area contributed by atoms with Gasteiger partial charge in [0.25, 0.3) is 5.79 Å². The monoisotopic (exact) mass is 560 g/mol. The zero-order chi connectivity index (χ0) is 26.4. The highest BCUT2D eigenvalue weighted by Crippen LogP contribution is 2.50. The number of para-hydroxylation sites is 2. The molecule has 1 aliphatic heterocycles. The summed E-state index contributed by atoms with van der Waals surface area (Å²) in [6, 6.07) is 25.4. The second-order valence-corrected chi connectivity index (χ2v) is 9.67. The van der Waals surface area contributed by atoms with Gasteiger partial charge < -0.3 is 19.8 Å². The number of ether oxygens (including phenoxy) is 1. The lowest BCUT2D eigenvalue weighted by atomic mass is 9.86. The first-order valence-corrected chi connectivity index (χ1v) is 12.4. The number of Topliss-reactive ketones (excluding diaryl/α,β-unsaturated/α-hetero) is 1. The van der Waals surface area contributed by atoms with Crippen LogP contribution in [0.15, 0.2) is 106 Å². The van der Waals surface area contributed by atoms with Gasteiger partial charge in [-0.3, -0.25) is 4.79 Å². The normalized spacial score (nSPS) is 18.3. The molecule has 0 amide bonds. The minimum absolute atomic E-state index is 0.0712. The van der Waals surface area contributed by atoms with Crippen molar-refractivity contribution in [2.45, 2.75) is 5.79 Å². The number of ketones is 1. The molecular formula is C30H17BrN4O3. The van der Waals surface area contributed by atoms with Gasteiger partial charge in [0, 0.05) is 55.4 Å². The summed E-state index contributed by atoms with van der Waals surface area (Å²) in [4.78, 5) is 20.1. The molecule has 0 radical (unpaired) electrons. The molecule has 5 aromatic rings. The molecule has 0 bridgehead atoms. The number of halogens is 1. The lowest BCUT2D eigenvalue weighted by Crippen LogP contribution is -2.29. The van der Waals surface area contributed by atoms with Crippen molar-refractivity contribution in [3.63, 3.8) is 0 Å². The molecule has 2 aromatic heterocycles. The fourth-order valence-electron chi connectivity index (χ4n) is 4.90. The summed E-state index contributed by atoms with van der Waals surface area (Å²) < 4.78 is 6.84. The summed E-state index contributed by atoms with van der Waals surface area (Å²) in [5.74, 6) is -2.85. The molecule has 1 atom stereocenters. The van der Waals surface area contributed by atoms with E-state index < -0.39 is 11.6 Å². The van der Waals surface area contributed by atoms with Gasteiger partial charge in [-0.25, -0.2) is 0 Å². The maximum absolute atomic E-state index is 13.9. The first kappa shape index (κ1) is 23.5. The van der Waals surface area contributed by atoms with Crippen LogP contribution < -0.4 is 0 Å². The average Bonchev–Trinajstić information content (AvgIpc) is 3.63. The molecule has 1 aliphatic rings. The Balaban J connectivity index is 1.66. The van der Waals surface area contributed by atoms with Crippen LogP contribution in [-0.2, 0) is 10.5 Å². The zero-order valence-electron chi connectivity index (χ0n) is 19.6. The summed E-state index contributed by atoms with van der Waals surface area (Å²) in [6.07, 6.45) is 3.20.